The third kappa shape index (κ3) is 6.78. The van der Waals surface area contributed by atoms with Crippen molar-refractivity contribution in [1.29, 1.82) is 0 Å². The fourth-order valence-corrected chi connectivity index (χ4v) is 2.08. The molecule has 0 bridgehead atoms. The summed E-state index contributed by atoms with van der Waals surface area (Å²) in [4.78, 5) is 14.0. The Hall–Kier alpha value is -1.32. The van der Waals surface area contributed by atoms with Crippen molar-refractivity contribution in [3.63, 3.8) is 0 Å². The molecule has 0 aliphatic rings. The summed E-state index contributed by atoms with van der Waals surface area (Å²) in [5.41, 5.74) is 8.08. The molecule has 0 saturated carbocycles. The SMILES string of the molecule is C=CCCCCCN(C)C(=O)C(N)c1ccc(C)cc1.Cl. The van der Waals surface area contributed by atoms with E-state index in [1.165, 1.54) is 5.56 Å². The molecule has 0 spiro atoms. The fraction of sp³-hybridized carbons (Fsp3) is 0.471. The Balaban J connectivity index is 0.00000400. The van der Waals surface area contributed by atoms with Crippen LogP contribution >= 0.6 is 12.4 Å². The summed E-state index contributed by atoms with van der Waals surface area (Å²) < 4.78 is 0. The molecule has 4 heteroatoms. The highest BCUT2D eigenvalue weighted by atomic mass is 35.5. The number of likely N-dealkylation sites (N-methyl/N-ethyl adjacent to an activating group) is 1. The summed E-state index contributed by atoms with van der Waals surface area (Å²) in [5.74, 6) is -0.0161. The first-order valence-electron chi connectivity index (χ1n) is 7.24. The van der Waals surface area contributed by atoms with E-state index >= 15 is 0 Å². The second kappa shape index (κ2) is 10.4. The van der Waals surface area contributed by atoms with Crippen LogP contribution < -0.4 is 5.73 Å². The first kappa shape index (κ1) is 19.7. The highest BCUT2D eigenvalue weighted by Gasteiger charge is 2.19. The number of hydrogen-bond acceptors (Lipinski definition) is 2. The zero-order chi connectivity index (χ0) is 15.0. The minimum Gasteiger partial charge on any atom is -0.344 e. The first-order valence-corrected chi connectivity index (χ1v) is 7.24. The van der Waals surface area contributed by atoms with Gasteiger partial charge in [0.1, 0.15) is 6.04 Å². The molecule has 0 heterocycles. The van der Waals surface area contributed by atoms with Gasteiger partial charge in [0.05, 0.1) is 0 Å². The third-order valence-electron chi connectivity index (χ3n) is 3.48. The Morgan fingerprint density at radius 2 is 1.90 bits per heavy atom. The average Bonchev–Trinajstić information content (AvgIpc) is 2.46. The van der Waals surface area contributed by atoms with Gasteiger partial charge < -0.3 is 10.6 Å². The maximum absolute atomic E-state index is 12.2. The number of unbranched alkanes of at least 4 members (excludes halogenated alkanes) is 3. The van der Waals surface area contributed by atoms with Crippen LogP contribution in [0.3, 0.4) is 0 Å². The number of carbonyl (C=O) groups excluding carboxylic acids is 1. The van der Waals surface area contributed by atoms with Gasteiger partial charge in [-0.1, -0.05) is 42.3 Å². The molecule has 1 aromatic carbocycles. The molecule has 118 valence electrons. The van der Waals surface area contributed by atoms with Crippen LogP contribution in [0.4, 0.5) is 0 Å². The maximum Gasteiger partial charge on any atom is 0.243 e. The smallest absolute Gasteiger partial charge is 0.243 e. The van der Waals surface area contributed by atoms with Crippen LogP contribution in [0.2, 0.25) is 0 Å². The molecule has 1 amide bonds. The van der Waals surface area contributed by atoms with Gasteiger partial charge >= 0.3 is 0 Å². The molecule has 0 aliphatic carbocycles. The van der Waals surface area contributed by atoms with Crippen molar-refractivity contribution in [2.24, 2.45) is 5.73 Å². The number of halogens is 1. The quantitative estimate of drug-likeness (QED) is 0.589. The first-order chi connectivity index (χ1) is 9.56. The van der Waals surface area contributed by atoms with Crippen LogP contribution in [0.1, 0.15) is 42.9 Å². The van der Waals surface area contributed by atoms with E-state index in [9.17, 15) is 4.79 Å². The van der Waals surface area contributed by atoms with Crippen molar-refractivity contribution in [3.8, 4) is 0 Å². The van der Waals surface area contributed by atoms with Gasteiger partial charge in [0.25, 0.3) is 0 Å². The summed E-state index contributed by atoms with van der Waals surface area (Å²) in [7, 11) is 1.82. The topological polar surface area (TPSA) is 46.3 Å². The van der Waals surface area contributed by atoms with Crippen molar-refractivity contribution in [1.82, 2.24) is 4.90 Å². The number of nitrogens with two attached hydrogens (primary N) is 1. The average molecular weight is 311 g/mol. The van der Waals surface area contributed by atoms with Crippen LogP contribution in [0.25, 0.3) is 0 Å². The van der Waals surface area contributed by atoms with Crippen LogP contribution in [-0.4, -0.2) is 24.4 Å². The van der Waals surface area contributed by atoms with Crippen molar-refractivity contribution in [2.45, 2.75) is 38.6 Å². The molecule has 1 aromatic rings. The van der Waals surface area contributed by atoms with E-state index in [-0.39, 0.29) is 18.3 Å². The number of carbonyl (C=O) groups is 1. The number of aryl methyl sites for hydroxylation is 1. The monoisotopic (exact) mass is 310 g/mol. The van der Waals surface area contributed by atoms with E-state index < -0.39 is 6.04 Å². The number of amides is 1. The van der Waals surface area contributed by atoms with Gasteiger partial charge in [-0.25, -0.2) is 0 Å². The summed E-state index contributed by atoms with van der Waals surface area (Å²) in [5, 5.41) is 0. The van der Waals surface area contributed by atoms with Crippen molar-refractivity contribution in [3.05, 3.63) is 48.0 Å². The molecular formula is C17H27ClN2O. The maximum atomic E-state index is 12.2. The number of nitrogens with zero attached hydrogens (tertiary/aromatic N) is 1. The van der Waals surface area contributed by atoms with Crippen molar-refractivity contribution in [2.75, 3.05) is 13.6 Å². The van der Waals surface area contributed by atoms with E-state index in [1.807, 2.05) is 44.3 Å². The Bertz CT molecular complexity index is 431. The minimum atomic E-state index is -0.561. The van der Waals surface area contributed by atoms with E-state index in [0.29, 0.717) is 0 Å². The summed E-state index contributed by atoms with van der Waals surface area (Å²) in [6, 6.07) is 7.26. The predicted molar refractivity (Wildman–Crippen MR) is 91.7 cm³/mol. The fourth-order valence-electron chi connectivity index (χ4n) is 2.08. The molecule has 0 saturated heterocycles. The second-order valence-corrected chi connectivity index (χ2v) is 5.29. The standard InChI is InChI=1S/C17H26N2O.ClH/c1-4-5-6-7-8-13-19(3)17(20)16(18)15-11-9-14(2)10-12-15;/h4,9-12,16H,1,5-8,13,18H2,2-3H3;1H. The third-order valence-corrected chi connectivity index (χ3v) is 3.48. The zero-order valence-electron chi connectivity index (χ0n) is 13.0. The molecule has 2 N–H and O–H groups in total. The molecule has 1 rings (SSSR count). The Kier molecular flexibility index (Phi) is 9.76. The highest BCUT2D eigenvalue weighted by Crippen LogP contribution is 2.14. The van der Waals surface area contributed by atoms with Crippen molar-refractivity contribution < 1.29 is 4.79 Å². The molecule has 1 atom stereocenters. The molecule has 0 fully saturated rings. The van der Waals surface area contributed by atoms with Crippen LogP contribution in [0.5, 0.6) is 0 Å². The van der Waals surface area contributed by atoms with E-state index in [4.69, 9.17) is 5.73 Å². The van der Waals surface area contributed by atoms with Gasteiger partial charge in [0.2, 0.25) is 5.91 Å². The Morgan fingerprint density at radius 1 is 1.29 bits per heavy atom. The van der Waals surface area contributed by atoms with Gasteiger partial charge in [-0.05, 0) is 31.7 Å². The lowest BCUT2D eigenvalue weighted by molar-refractivity contribution is -0.131. The molecule has 0 radical (unpaired) electrons. The van der Waals surface area contributed by atoms with Gasteiger partial charge in [0.15, 0.2) is 0 Å². The predicted octanol–water partition coefficient (Wildman–Crippen LogP) is 3.62. The lowest BCUT2D eigenvalue weighted by atomic mass is 10.0. The van der Waals surface area contributed by atoms with Gasteiger partial charge in [-0.3, -0.25) is 4.79 Å². The molecule has 0 aromatic heterocycles. The minimum absolute atomic E-state index is 0. The molecule has 1 unspecified atom stereocenters. The molecular weight excluding hydrogens is 284 g/mol. The van der Waals surface area contributed by atoms with E-state index in [0.717, 1.165) is 37.8 Å². The molecule has 3 nitrogen and oxygen atoms in total. The molecule has 0 aliphatic heterocycles. The van der Waals surface area contributed by atoms with Crippen LogP contribution in [-0.2, 0) is 4.79 Å². The number of allylic oxidation sites excluding steroid dienone is 1. The molecule has 21 heavy (non-hydrogen) atoms. The summed E-state index contributed by atoms with van der Waals surface area (Å²) in [6.45, 7) is 6.48. The van der Waals surface area contributed by atoms with E-state index in [2.05, 4.69) is 6.58 Å². The van der Waals surface area contributed by atoms with Gasteiger partial charge in [0, 0.05) is 13.6 Å². The number of benzene rings is 1. The van der Waals surface area contributed by atoms with E-state index in [1.54, 1.807) is 4.90 Å². The highest BCUT2D eigenvalue weighted by molar-refractivity contribution is 5.85. The van der Waals surface area contributed by atoms with Crippen LogP contribution in [0, 0.1) is 6.92 Å². The largest absolute Gasteiger partial charge is 0.344 e. The number of hydrogen-bond donors (Lipinski definition) is 1. The summed E-state index contributed by atoms with van der Waals surface area (Å²) in [6.07, 6.45) is 6.23. The van der Waals surface area contributed by atoms with Gasteiger partial charge in [-0.2, -0.15) is 0 Å². The summed E-state index contributed by atoms with van der Waals surface area (Å²) >= 11 is 0. The zero-order valence-corrected chi connectivity index (χ0v) is 13.9. The lowest BCUT2D eigenvalue weighted by Crippen LogP contribution is -2.36. The Morgan fingerprint density at radius 3 is 2.48 bits per heavy atom. The number of rotatable bonds is 8. The normalized spacial score (nSPS) is 11.4. The lowest BCUT2D eigenvalue weighted by Gasteiger charge is -2.21. The van der Waals surface area contributed by atoms with Gasteiger partial charge in [-0.15, -0.1) is 19.0 Å². The van der Waals surface area contributed by atoms with Crippen molar-refractivity contribution >= 4 is 18.3 Å². The second-order valence-electron chi connectivity index (χ2n) is 5.29. The van der Waals surface area contributed by atoms with Crippen LogP contribution in [0.15, 0.2) is 36.9 Å². The Labute approximate surface area is 134 Å².